The molecule has 0 unspecified atom stereocenters. The Labute approximate surface area is 416 Å². The van der Waals surface area contributed by atoms with Crippen molar-refractivity contribution < 1.29 is 43.0 Å². The number of hydrogen-bond donors (Lipinski definition) is 7. The Hall–Kier alpha value is -6.91. The van der Waals surface area contributed by atoms with Gasteiger partial charge in [0.15, 0.2) is 0 Å². The zero-order chi connectivity index (χ0) is 51.5. The van der Waals surface area contributed by atoms with E-state index in [1.54, 1.807) is 39.1 Å². The third kappa shape index (κ3) is 15.8. The second-order valence-electron chi connectivity index (χ2n) is 21.0. The Morgan fingerprint density at radius 2 is 1.23 bits per heavy atom. The molecule has 3 aromatic carbocycles. The summed E-state index contributed by atoms with van der Waals surface area (Å²) in [5.74, 6) is -3.17. The highest BCUT2D eigenvalue weighted by atomic mass is 16.6. The summed E-state index contributed by atoms with van der Waals surface area (Å²) in [5.41, 5.74) is 1.79. The first kappa shape index (κ1) is 53.4. The van der Waals surface area contributed by atoms with E-state index in [4.69, 9.17) is 9.47 Å². The van der Waals surface area contributed by atoms with Crippen LogP contribution in [-0.2, 0) is 52.8 Å². The standard InChI is InChI=1S/C54H72N8O9/c1-33(2)28-41-47(64)61-44(30-35-22-24-37(25-23-35)70-53(3,4)5)51(68)62-27-15-21-45(62)50(67)60-43(31-36-32-56-39-19-13-12-18-38(36)39)49(66)59-42(29-34-16-10-9-11-17-34)48(65)57-40(46(63)58-41)20-14-26-55-52(69)71-54(6,7)8/h9-13,16-19,22-25,32-33,40-45,56H,14-15,20-21,26-31H2,1-8H3,(H,55,69)(H,57,65)(H,58,63)(H,59,66)(H,60,67)(H,61,64)/t40-,41-,42+,43-,44+,45-/m0/s1. The maximum Gasteiger partial charge on any atom is 0.407 e. The van der Waals surface area contributed by atoms with Crippen LogP contribution in [0, 0.1) is 5.92 Å². The first-order chi connectivity index (χ1) is 33.6. The zero-order valence-corrected chi connectivity index (χ0v) is 42.3. The number of hydrogen-bond acceptors (Lipinski definition) is 9. The van der Waals surface area contributed by atoms with E-state index < -0.39 is 89.0 Å². The Morgan fingerprint density at radius 3 is 1.90 bits per heavy atom. The number of fused-ring (bicyclic) bond motifs is 2. The third-order valence-electron chi connectivity index (χ3n) is 12.2. The number of carbonyl (C=O) groups is 7. The lowest BCUT2D eigenvalue weighted by Crippen LogP contribution is -2.62. The van der Waals surface area contributed by atoms with Crippen molar-refractivity contribution in [3.8, 4) is 5.75 Å². The fourth-order valence-electron chi connectivity index (χ4n) is 8.91. The molecule has 4 aromatic rings. The molecule has 7 N–H and O–H groups in total. The average molecular weight is 977 g/mol. The van der Waals surface area contributed by atoms with Crippen LogP contribution in [-0.4, -0.2) is 112 Å². The maximum atomic E-state index is 14.9. The van der Waals surface area contributed by atoms with Crippen molar-refractivity contribution in [2.45, 2.75) is 154 Å². The lowest BCUT2D eigenvalue weighted by molar-refractivity contribution is -0.142. The van der Waals surface area contributed by atoms with Crippen molar-refractivity contribution in [2.24, 2.45) is 5.92 Å². The summed E-state index contributed by atoms with van der Waals surface area (Å²) >= 11 is 0. The van der Waals surface area contributed by atoms with Crippen molar-refractivity contribution in [1.82, 2.24) is 41.8 Å². The summed E-state index contributed by atoms with van der Waals surface area (Å²) in [4.78, 5) is 105. The minimum atomic E-state index is -1.25. The number of rotatable bonds is 13. The number of para-hydroxylation sites is 1. The van der Waals surface area contributed by atoms with Crippen LogP contribution in [0.25, 0.3) is 10.9 Å². The topological polar surface area (TPSA) is 229 Å². The van der Waals surface area contributed by atoms with Crippen LogP contribution in [0.2, 0.25) is 0 Å². The minimum absolute atomic E-state index is 0.0149. The number of alkyl carbamates (subject to hydrolysis) is 1. The molecule has 2 aliphatic rings. The molecule has 0 bridgehead atoms. The molecular weight excluding hydrogens is 905 g/mol. The number of aromatic amines is 1. The Morgan fingerprint density at radius 1 is 0.662 bits per heavy atom. The van der Waals surface area contributed by atoms with Gasteiger partial charge in [-0.1, -0.05) is 74.5 Å². The maximum absolute atomic E-state index is 14.9. The fraction of sp³-hybridized carbons (Fsp3) is 0.500. The summed E-state index contributed by atoms with van der Waals surface area (Å²) in [6.07, 6.45) is 2.42. The Balaban J connectivity index is 1.39. The molecule has 71 heavy (non-hydrogen) atoms. The molecule has 0 aliphatic carbocycles. The molecule has 3 heterocycles. The molecule has 17 nitrogen and oxygen atoms in total. The van der Waals surface area contributed by atoms with Gasteiger partial charge >= 0.3 is 6.09 Å². The van der Waals surface area contributed by atoms with E-state index >= 15 is 0 Å². The highest BCUT2D eigenvalue weighted by molar-refractivity contribution is 5.99. The van der Waals surface area contributed by atoms with E-state index in [9.17, 15) is 33.6 Å². The highest BCUT2D eigenvalue weighted by Gasteiger charge is 2.41. The van der Waals surface area contributed by atoms with Crippen LogP contribution < -0.4 is 36.6 Å². The molecule has 1 aromatic heterocycles. The molecule has 17 heteroatoms. The van der Waals surface area contributed by atoms with Gasteiger partial charge in [0.1, 0.15) is 53.2 Å². The number of nitrogens with one attached hydrogen (secondary N) is 7. The molecule has 2 aliphatic heterocycles. The molecule has 6 rings (SSSR count). The number of aromatic nitrogens is 1. The first-order valence-electron chi connectivity index (χ1n) is 24.8. The summed E-state index contributed by atoms with van der Waals surface area (Å²) in [5, 5.41) is 18.1. The van der Waals surface area contributed by atoms with Crippen LogP contribution >= 0.6 is 0 Å². The SMILES string of the molecule is CC(C)C[C@@H]1NC(=O)[C@H](CCCNC(=O)OC(C)(C)C)NC(=O)[C@@H](Cc2ccccc2)NC(=O)[C@H](Cc2c[nH]c3ccccc23)NC(=O)[C@@H]2CCCN2C(=O)[C@@H](Cc2ccc(OC(C)(C)C)cc2)NC1=O. The van der Waals surface area contributed by atoms with E-state index in [-0.39, 0.29) is 57.5 Å². The fourth-order valence-corrected chi connectivity index (χ4v) is 8.91. The molecule has 6 atom stereocenters. The average Bonchev–Trinajstić information content (AvgIpc) is 3.96. The van der Waals surface area contributed by atoms with Gasteiger partial charge in [0.05, 0.1) is 0 Å². The molecule has 0 spiro atoms. The lowest BCUT2D eigenvalue weighted by Gasteiger charge is -2.32. The van der Waals surface area contributed by atoms with Crippen molar-refractivity contribution in [3.05, 3.63) is 102 Å². The van der Waals surface area contributed by atoms with Gasteiger partial charge in [-0.25, -0.2) is 4.79 Å². The van der Waals surface area contributed by atoms with E-state index in [0.717, 1.165) is 16.5 Å². The van der Waals surface area contributed by atoms with Crippen molar-refractivity contribution in [2.75, 3.05) is 13.1 Å². The number of ether oxygens (including phenoxy) is 2. The van der Waals surface area contributed by atoms with E-state index in [1.165, 1.54) is 4.90 Å². The number of benzene rings is 3. The molecule has 2 fully saturated rings. The largest absolute Gasteiger partial charge is 0.488 e. The number of H-pyrrole nitrogens is 1. The van der Waals surface area contributed by atoms with Crippen LogP contribution in [0.5, 0.6) is 5.75 Å². The van der Waals surface area contributed by atoms with Gasteiger partial charge in [0.25, 0.3) is 0 Å². The van der Waals surface area contributed by atoms with Gasteiger partial charge in [-0.3, -0.25) is 28.8 Å². The first-order valence-corrected chi connectivity index (χ1v) is 24.8. The summed E-state index contributed by atoms with van der Waals surface area (Å²) in [6, 6.07) is 16.8. The van der Waals surface area contributed by atoms with E-state index in [0.29, 0.717) is 29.7 Å². The molecular formula is C54H72N8O9. The molecule has 0 radical (unpaired) electrons. The van der Waals surface area contributed by atoms with Crippen LogP contribution in [0.1, 0.15) is 104 Å². The Bertz CT molecular complexity index is 2500. The Kier molecular flexibility index (Phi) is 17.9. The molecule has 2 saturated heterocycles. The smallest absolute Gasteiger partial charge is 0.407 e. The summed E-state index contributed by atoms with van der Waals surface area (Å²) < 4.78 is 11.4. The summed E-state index contributed by atoms with van der Waals surface area (Å²) in [7, 11) is 0. The monoisotopic (exact) mass is 977 g/mol. The van der Waals surface area contributed by atoms with Gasteiger partial charge in [0.2, 0.25) is 35.4 Å². The van der Waals surface area contributed by atoms with Gasteiger partial charge < -0.3 is 51.3 Å². The van der Waals surface area contributed by atoms with E-state index in [2.05, 4.69) is 36.9 Å². The number of amides is 7. The molecule has 7 amide bonds. The van der Waals surface area contributed by atoms with Crippen LogP contribution in [0.15, 0.2) is 85.1 Å². The minimum Gasteiger partial charge on any atom is -0.488 e. The van der Waals surface area contributed by atoms with Crippen molar-refractivity contribution in [3.63, 3.8) is 0 Å². The van der Waals surface area contributed by atoms with Crippen LogP contribution in [0.4, 0.5) is 4.79 Å². The number of nitrogens with zero attached hydrogens (tertiary/aromatic N) is 1. The molecule has 0 saturated carbocycles. The predicted octanol–water partition coefficient (Wildman–Crippen LogP) is 5.15. The van der Waals surface area contributed by atoms with Crippen LogP contribution in [0.3, 0.4) is 0 Å². The molecule has 382 valence electrons. The van der Waals surface area contributed by atoms with Gasteiger partial charge in [-0.15, -0.1) is 0 Å². The van der Waals surface area contributed by atoms with Gasteiger partial charge in [-0.05, 0) is 114 Å². The second kappa shape index (κ2) is 23.8. The van der Waals surface area contributed by atoms with Gasteiger partial charge in [-0.2, -0.15) is 0 Å². The quantitative estimate of drug-likeness (QED) is 0.0878. The van der Waals surface area contributed by atoms with E-state index in [1.807, 2.05) is 101 Å². The predicted molar refractivity (Wildman–Crippen MR) is 270 cm³/mol. The van der Waals surface area contributed by atoms with Crippen molar-refractivity contribution >= 4 is 52.4 Å². The normalized spacial score (nSPS) is 22.1. The zero-order valence-electron chi connectivity index (χ0n) is 42.3. The highest BCUT2D eigenvalue weighted by Crippen LogP contribution is 2.24. The lowest BCUT2D eigenvalue weighted by atomic mass is 9.99. The second-order valence-corrected chi connectivity index (χ2v) is 21.0. The summed E-state index contributed by atoms with van der Waals surface area (Å²) in [6.45, 7) is 15.1. The number of carbonyl (C=O) groups excluding carboxylic acids is 7. The third-order valence-corrected chi connectivity index (χ3v) is 12.2. The van der Waals surface area contributed by atoms with Crippen molar-refractivity contribution in [1.29, 1.82) is 0 Å². The van der Waals surface area contributed by atoms with Gasteiger partial charge in [0, 0.05) is 49.5 Å².